The quantitative estimate of drug-likeness (QED) is 0.311. The van der Waals surface area contributed by atoms with Crippen molar-refractivity contribution in [1.82, 2.24) is 15.8 Å². The fourth-order valence-electron chi connectivity index (χ4n) is 6.75. The Morgan fingerprint density at radius 3 is 2.80 bits per heavy atom. The summed E-state index contributed by atoms with van der Waals surface area (Å²) in [6, 6.07) is 14.6. The molecule has 0 bridgehead atoms. The van der Waals surface area contributed by atoms with E-state index in [9.17, 15) is 9.90 Å². The Balaban J connectivity index is 1.30. The monoisotopic (exact) mass is 539 g/mol. The lowest BCUT2D eigenvalue weighted by molar-refractivity contribution is -0.831. The van der Waals surface area contributed by atoms with Crippen molar-refractivity contribution in [3.8, 4) is 5.75 Å². The number of amides is 1. The summed E-state index contributed by atoms with van der Waals surface area (Å²) in [6.45, 7) is 6.08. The van der Waals surface area contributed by atoms with Gasteiger partial charge >= 0.3 is 6.09 Å². The maximum absolute atomic E-state index is 12.6. The number of rotatable bonds is 5. The molecule has 208 valence electrons. The fourth-order valence-corrected chi connectivity index (χ4v) is 6.75. The van der Waals surface area contributed by atoms with Crippen LogP contribution >= 0.6 is 0 Å². The molecule has 2 aromatic carbocycles. The van der Waals surface area contributed by atoms with E-state index in [0.717, 1.165) is 40.8 Å². The number of nitrogens with zero attached hydrogens (tertiary/aromatic N) is 2. The molecule has 3 unspecified atom stereocenters. The van der Waals surface area contributed by atoms with Crippen molar-refractivity contribution < 1.29 is 19.1 Å². The lowest BCUT2D eigenvalue weighted by Crippen LogP contribution is -2.42. The van der Waals surface area contributed by atoms with E-state index < -0.39 is 6.09 Å². The molecule has 0 fully saturated rings. The van der Waals surface area contributed by atoms with Crippen molar-refractivity contribution in [2.45, 2.75) is 45.6 Å². The first kappa shape index (κ1) is 26.4. The van der Waals surface area contributed by atoms with Crippen LogP contribution in [0.15, 0.2) is 101 Å². The van der Waals surface area contributed by atoms with Crippen LogP contribution in [0.3, 0.4) is 0 Å². The highest BCUT2D eigenvalue weighted by atomic mass is 16.5. The minimum atomic E-state index is -0.945. The summed E-state index contributed by atoms with van der Waals surface area (Å²) in [5, 5.41) is 12.6. The van der Waals surface area contributed by atoms with E-state index in [1.165, 1.54) is 27.3 Å². The second-order valence-electron chi connectivity index (χ2n) is 11.7. The number of allylic oxidation sites excluding steroid dienone is 4. The van der Waals surface area contributed by atoms with Crippen molar-refractivity contribution in [3.05, 3.63) is 101 Å². The molecule has 3 heterocycles. The molecule has 0 aromatic heterocycles. The predicted octanol–water partition coefficient (Wildman–Crippen LogP) is 6.21. The summed E-state index contributed by atoms with van der Waals surface area (Å²) in [7, 11) is 2.28. The Bertz CT molecular complexity index is 1490. The summed E-state index contributed by atoms with van der Waals surface area (Å²) in [4.78, 5) is 14.1. The molecule has 1 aliphatic carbocycles. The lowest BCUT2D eigenvalue weighted by atomic mass is 9.81. The van der Waals surface area contributed by atoms with E-state index >= 15 is 0 Å². The number of ether oxygens (including phenoxy) is 1. The Labute approximate surface area is 236 Å². The van der Waals surface area contributed by atoms with Crippen molar-refractivity contribution in [2.75, 3.05) is 26.7 Å². The second kappa shape index (κ2) is 10.6. The zero-order chi connectivity index (χ0) is 27.9. The Kier molecular flexibility index (Phi) is 7.02. The molecule has 0 saturated carbocycles. The average Bonchev–Trinajstić information content (AvgIpc) is 3.49. The Hall–Kier alpha value is -3.81. The molecular formula is C33H39N4O3+. The van der Waals surface area contributed by atoms with Crippen molar-refractivity contribution in [2.24, 2.45) is 5.92 Å². The number of likely N-dealkylation sites (N-methyl/N-ethyl adjacent to an activating group) is 1. The molecule has 2 aromatic rings. The molecule has 3 atom stereocenters. The van der Waals surface area contributed by atoms with E-state index in [4.69, 9.17) is 4.74 Å². The smallest absolute Gasteiger partial charge is 0.411 e. The van der Waals surface area contributed by atoms with Gasteiger partial charge in [0.2, 0.25) is 0 Å². The lowest BCUT2D eigenvalue weighted by Gasteiger charge is -2.36. The highest BCUT2D eigenvalue weighted by molar-refractivity contribution is 5.88. The number of hydrazine groups is 1. The van der Waals surface area contributed by atoms with Crippen molar-refractivity contribution in [3.63, 3.8) is 0 Å². The number of carboxylic acid groups (broad SMARTS) is 1. The summed E-state index contributed by atoms with van der Waals surface area (Å²) < 4.78 is 6.88. The van der Waals surface area contributed by atoms with Crippen molar-refractivity contribution in [1.29, 1.82) is 0 Å². The van der Waals surface area contributed by atoms with Gasteiger partial charge in [0.25, 0.3) is 0 Å². The van der Waals surface area contributed by atoms with Crippen LogP contribution in [0.2, 0.25) is 0 Å². The minimum Gasteiger partial charge on any atom is -0.493 e. The van der Waals surface area contributed by atoms with Crippen LogP contribution in [-0.2, 0) is 0 Å². The van der Waals surface area contributed by atoms with Crippen LogP contribution in [-0.4, -0.2) is 53.4 Å². The second-order valence-corrected chi connectivity index (χ2v) is 11.7. The molecule has 0 spiro atoms. The van der Waals surface area contributed by atoms with Gasteiger partial charge in [-0.2, -0.15) is 0 Å². The van der Waals surface area contributed by atoms with E-state index in [1.807, 2.05) is 30.3 Å². The summed E-state index contributed by atoms with van der Waals surface area (Å²) >= 11 is 0. The van der Waals surface area contributed by atoms with Gasteiger partial charge in [0, 0.05) is 28.8 Å². The first-order valence-electron chi connectivity index (χ1n) is 14.4. The van der Waals surface area contributed by atoms with Crippen LogP contribution in [0.25, 0.3) is 10.8 Å². The van der Waals surface area contributed by atoms with Gasteiger partial charge in [-0.15, -0.1) is 0 Å². The first-order valence-corrected chi connectivity index (χ1v) is 14.4. The minimum absolute atomic E-state index is 0.283. The molecule has 0 saturated heterocycles. The van der Waals surface area contributed by atoms with Gasteiger partial charge < -0.3 is 15.3 Å². The van der Waals surface area contributed by atoms with Crippen LogP contribution in [0.4, 0.5) is 4.79 Å². The predicted molar refractivity (Wildman–Crippen MR) is 158 cm³/mol. The van der Waals surface area contributed by atoms with Gasteiger partial charge in [-0.1, -0.05) is 43.3 Å². The Morgan fingerprint density at radius 2 is 1.95 bits per heavy atom. The maximum atomic E-state index is 12.6. The van der Waals surface area contributed by atoms with Gasteiger partial charge in [0.05, 0.1) is 25.9 Å². The molecule has 3 N–H and O–H groups in total. The van der Waals surface area contributed by atoms with Gasteiger partial charge in [-0.25, -0.2) is 10.2 Å². The molecule has 1 amide bonds. The summed E-state index contributed by atoms with van der Waals surface area (Å²) in [5.41, 5.74) is 13.7. The molecule has 4 aliphatic rings. The topological polar surface area (TPSA) is 73.8 Å². The molecule has 0 radical (unpaired) electrons. The van der Waals surface area contributed by atoms with E-state index in [-0.39, 0.29) is 6.54 Å². The van der Waals surface area contributed by atoms with Crippen LogP contribution in [0.5, 0.6) is 5.75 Å². The highest BCUT2D eigenvalue weighted by Gasteiger charge is 2.45. The number of hydrogen-bond donors (Lipinski definition) is 3. The van der Waals surface area contributed by atoms with Gasteiger partial charge in [0.15, 0.2) is 0 Å². The zero-order valence-corrected chi connectivity index (χ0v) is 23.6. The van der Waals surface area contributed by atoms with Crippen LogP contribution in [0, 0.1) is 5.92 Å². The molecule has 40 heavy (non-hydrogen) atoms. The first-order chi connectivity index (χ1) is 19.3. The van der Waals surface area contributed by atoms with Gasteiger partial charge in [0.1, 0.15) is 23.7 Å². The van der Waals surface area contributed by atoms with E-state index in [1.54, 1.807) is 0 Å². The largest absolute Gasteiger partial charge is 0.493 e. The number of carbonyl (C=O) groups is 1. The number of hydrogen-bond acceptors (Lipinski definition) is 4. The third-order valence-electron chi connectivity index (χ3n) is 8.88. The zero-order valence-electron chi connectivity index (χ0n) is 23.6. The van der Waals surface area contributed by atoms with Gasteiger partial charge in [-0.3, -0.25) is 9.38 Å². The average molecular weight is 540 g/mol. The van der Waals surface area contributed by atoms with Crippen LogP contribution < -0.4 is 15.6 Å². The number of fused-ring (bicyclic) bond motifs is 2. The third kappa shape index (κ3) is 4.73. The number of benzene rings is 2. The van der Waals surface area contributed by atoms with Crippen molar-refractivity contribution >= 4 is 16.9 Å². The number of quaternary nitrogens is 1. The number of nitrogens with one attached hydrogen (secondary N) is 2. The summed E-state index contributed by atoms with van der Waals surface area (Å²) in [5.74, 6) is 1.41. The standard InChI is InChI=1S/C33H38N4O3/c1-22-17-25-19-23(2)37(3)15-7-11-26(12-8-16-40-31-14-6-10-24-9-4-5-13-27(24)31)36(33(38)39)21-30-29(20-34-35-30)28(18-22)32(25)37/h4-7,9-11,13-15,19,22-23,34-35H,8,12,16-18,20-21H2,1-3H3/p+1/b15-7+,26-11-. The molecule has 7 nitrogen and oxygen atoms in total. The summed E-state index contributed by atoms with van der Waals surface area (Å²) in [6.07, 6.45) is 11.2. The molecule has 3 aliphatic heterocycles. The fraction of sp³-hybridized carbons (Fsp3) is 0.364. The van der Waals surface area contributed by atoms with Gasteiger partial charge in [-0.05, 0) is 73.8 Å². The van der Waals surface area contributed by atoms with E-state index in [2.05, 4.69) is 68.3 Å². The molecule has 7 heteroatoms. The third-order valence-corrected chi connectivity index (χ3v) is 8.88. The van der Waals surface area contributed by atoms with Crippen LogP contribution in [0.1, 0.15) is 39.5 Å². The van der Waals surface area contributed by atoms with E-state index in [0.29, 0.717) is 42.4 Å². The maximum Gasteiger partial charge on any atom is 0.411 e. The SMILES string of the molecule is CC1CC2=CC(C)[N+]3(C)/C=C/C=C(/CCCOc4cccc5ccccc45)N(C(=O)O)CC4=C(CNN4)C(=C23)C1. The molecule has 6 rings (SSSR count). The Morgan fingerprint density at radius 1 is 1.12 bits per heavy atom. The highest BCUT2D eigenvalue weighted by Crippen LogP contribution is 2.47. The normalized spacial score (nSPS) is 28.2. The molecular weight excluding hydrogens is 500 g/mol.